The van der Waals surface area contributed by atoms with Gasteiger partial charge in [-0.3, -0.25) is 14.5 Å². The number of ether oxygens (including phenoxy) is 2. The molecule has 2 amide bonds. The van der Waals surface area contributed by atoms with Crippen molar-refractivity contribution in [3.63, 3.8) is 0 Å². The molecule has 3 aromatic carbocycles. The minimum absolute atomic E-state index is 0.0624. The Kier molecular flexibility index (Phi) is 9.93. The highest BCUT2D eigenvalue weighted by Gasteiger charge is 2.37. The second-order valence-electron chi connectivity index (χ2n) is 9.89. The van der Waals surface area contributed by atoms with Gasteiger partial charge in [0, 0.05) is 30.2 Å². The van der Waals surface area contributed by atoms with Gasteiger partial charge < -0.3 is 19.7 Å². The summed E-state index contributed by atoms with van der Waals surface area (Å²) in [7, 11) is 1.24. The third-order valence-electron chi connectivity index (χ3n) is 6.99. The Bertz CT molecular complexity index is 1270. The molecule has 0 saturated carbocycles. The lowest BCUT2D eigenvalue weighted by molar-refractivity contribution is -0.142. The molecule has 8 nitrogen and oxygen atoms in total. The molecule has 9 heteroatoms. The molecule has 0 unspecified atom stereocenters. The number of carbonyl (C=O) groups is 3. The van der Waals surface area contributed by atoms with E-state index in [9.17, 15) is 14.4 Å². The number of amides is 2. The number of rotatable bonds is 9. The van der Waals surface area contributed by atoms with Gasteiger partial charge in [0.2, 0.25) is 11.8 Å². The fourth-order valence-corrected chi connectivity index (χ4v) is 5.44. The Hall–Kier alpha value is -3.72. The molecule has 0 bridgehead atoms. The number of carbonyl (C=O) groups excluding carboxylic acids is 3. The normalized spacial score (nSPS) is 17.5. The van der Waals surface area contributed by atoms with Crippen LogP contribution in [0.15, 0.2) is 78.9 Å². The van der Waals surface area contributed by atoms with Crippen molar-refractivity contribution in [2.45, 2.75) is 32.0 Å². The lowest BCUT2D eigenvalue weighted by atomic mass is 9.92. The van der Waals surface area contributed by atoms with Crippen molar-refractivity contribution in [1.29, 1.82) is 0 Å². The third-order valence-corrected chi connectivity index (χ3v) is 7.22. The Morgan fingerprint density at radius 3 is 2.02 bits per heavy atom. The summed E-state index contributed by atoms with van der Waals surface area (Å²) in [5, 5.41) is 2.95. The van der Waals surface area contributed by atoms with Crippen molar-refractivity contribution in [2.75, 3.05) is 38.7 Å². The summed E-state index contributed by atoms with van der Waals surface area (Å²) in [5.41, 5.74) is 2.79. The van der Waals surface area contributed by atoms with Gasteiger partial charge in [-0.25, -0.2) is 4.79 Å². The van der Waals surface area contributed by atoms with E-state index in [0.29, 0.717) is 18.1 Å². The molecule has 0 radical (unpaired) electrons. The Morgan fingerprint density at radius 1 is 0.900 bits per heavy atom. The van der Waals surface area contributed by atoms with Gasteiger partial charge in [0.15, 0.2) is 0 Å². The highest BCUT2D eigenvalue weighted by atomic mass is 35.5. The molecule has 0 spiro atoms. The second-order valence-corrected chi connectivity index (χ2v) is 10.3. The molecular formula is C31H34ClN3O5. The smallest absolute Gasteiger partial charge is 0.340 e. The predicted octanol–water partition coefficient (Wildman–Crippen LogP) is 4.79. The van der Waals surface area contributed by atoms with Crippen LogP contribution in [0.25, 0.3) is 0 Å². The molecule has 1 saturated heterocycles. The fourth-order valence-electron chi connectivity index (χ4n) is 5.27. The summed E-state index contributed by atoms with van der Waals surface area (Å²) in [6, 6.07) is 25.5. The standard InChI is InChI=1S/C31H34ClN3O5/c1-21-17-34(18-22(2)35(21)30(23-10-6-4-7-11-23)24-12-8-5-9-13-24)29(37)20-40-19-28(36)33-27-15-14-25(32)16-26(27)31(38)39-3/h4-16,21-22,30H,17-20H2,1-3H3,(H,33,36)/t21-,22-/m0/s1. The topological polar surface area (TPSA) is 88.2 Å². The molecule has 40 heavy (non-hydrogen) atoms. The molecule has 0 aliphatic carbocycles. The summed E-state index contributed by atoms with van der Waals surface area (Å²) in [4.78, 5) is 41.8. The zero-order chi connectivity index (χ0) is 28.6. The van der Waals surface area contributed by atoms with Gasteiger partial charge in [-0.2, -0.15) is 0 Å². The highest BCUT2D eigenvalue weighted by molar-refractivity contribution is 6.31. The number of esters is 1. The number of hydrogen-bond donors (Lipinski definition) is 1. The first-order chi connectivity index (χ1) is 19.3. The van der Waals surface area contributed by atoms with E-state index in [4.69, 9.17) is 21.1 Å². The molecular weight excluding hydrogens is 530 g/mol. The molecule has 0 aromatic heterocycles. The zero-order valence-corrected chi connectivity index (χ0v) is 23.6. The highest BCUT2D eigenvalue weighted by Crippen LogP contribution is 2.34. The fraction of sp³-hybridized carbons (Fsp3) is 0.323. The maximum atomic E-state index is 13.0. The molecule has 3 aromatic rings. The maximum Gasteiger partial charge on any atom is 0.340 e. The van der Waals surface area contributed by atoms with Crippen LogP contribution >= 0.6 is 11.6 Å². The summed E-state index contributed by atoms with van der Waals surface area (Å²) >= 11 is 5.97. The van der Waals surface area contributed by atoms with Crippen molar-refractivity contribution >= 4 is 35.1 Å². The van der Waals surface area contributed by atoms with E-state index < -0.39 is 11.9 Å². The lowest BCUT2D eigenvalue weighted by Gasteiger charge is -2.48. The minimum Gasteiger partial charge on any atom is -0.465 e. The molecule has 1 heterocycles. The first-order valence-electron chi connectivity index (χ1n) is 13.2. The largest absolute Gasteiger partial charge is 0.465 e. The van der Waals surface area contributed by atoms with E-state index in [1.807, 2.05) is 12.1 Å². The monoisotopic (exact) mass is 563 g/mol. The average Bonchev–Trinajstić information content (AvgIpc) is 2.96. The van der Waals surface area contributed by atoms with E-state index >= 15 is 0 Å². The van der Waals surface area contributed by atoms with Gasteiger partial charge in [-0.1, -0.05) is 72.3 Å². The Balaban J connectivity index is 1.35. The molecule has 2 atom stereocenters. The van der Waals surface area contributed by atoms with Crippen LogP contribution in [0.2, 0.25) is 5.02 Å². The number of nitrogens with zero attached hydrogens (tertiary/aromatic N) is 2. The number of benzene rings is 3. The van der Waals surface area contributed by atoms with Crippen molar-refractivity contribution in [3.8, 4) is 0 Å². The van der Waals surface area contributed by atoms with Gasteiger partial charge in [-0.15, -0.1) is 0 Å². The maximum absolute atomic E-state index is 13.0. The SMILES string of the molecule is COC(=O)c1cc(Cl)ccc1NC(=O)COCC(=O)N1C[C@H](C)N(C(c2ccccc2)c2ccccc2)[C@@H](C)C1. The second kappa shape index (κ2) is 13.6. The van der Waals surface area contributed by atoms with Crippen LogP contribution < -0.4 is 5.32 Å². The van der Waals surface area contributed by atoms with Crippen LogP contribution in [-0.2, 0) is 19.1 Å². The minimum atomic E-state index is -0.627. The number of methoxy groups -OCH3 is 1. The molecule has 1 aliphatic rings. The first-order valence-corrected chi connectivity index (χ1v) is 13.6. The molecule has 1 fully saturated rings. The first kappa shape index (κ1) is 29.3. The predicted molar refractivity (Wildman–Crippen MR) is 154 cm³/mol. The molecule has 1 aliphatic heterocycles. The van der Waals surface area contributed by atoms with Crippen molar-refractivity contribution in [2.24, 2.45) is 0 Å². The van der Waals surface area contributed by atoms with E-state index in [1.165, 1.54) is 30.4 Å². The summed E-state index contributed by atoms with van der Waals surface area (Å²) in [5.74, 6) is -1.30. The van der Waals surface area contributed by atoms with Gasteiger partial charge >= 0.3 is 5.97 Å². The van der Waals surface area contributed by atoms with E-state index in [1.54, 1.807) is 11.0 Å². The van der Waals surface area contributed by atoms with Gasteiger partial charge in [0.25, 0.3) is 0 Å². The van der Waals surface area contributed by atoms with Crippen LogP contribution in [0.4, 0.5) is 5.69 Å². The molecule has 1 N–H and O–H groups in total. The van der Waals surface area contributed by atoms with Gasteiger partial charge in [0.1, 0.15) is 13.2 Å². The van der Waals surface area contributed by atoms with Gasteiger partial charge in [0.05, 0.1) is 24.4 Å². The van der Waals surface area contributed by atoms with E-state index in [-0.39, 0.29) is 48.5 Å². The third kappa shape index (κ3) is 7.07. The van der Waals surface area contributed by atoms with Crippen LogP contribution in [0.5, 0.6) is 0 Å². The van der Waals surface area contributed by atoms with Crippen LogP contribution in [0.1, 0.15) is 41.4 Å². The van der Waals surface area contributed by atoms with Crippen molar-refractivity contribution in [1.82, 2.24) is 9.80 Å². The van der Waals surface area contributed by atoms with E-state index in [0.717, 1.165) is 0 Å². The quantitative estimate of drug-likeness (QED) is 0.377. The number of halogens is 1. The number of piperazine rings is 1. The molecule has 210 valence electrons. The summed E-state index contributed by atoms with van der Waals surface area (Å²) in [6.45, 7) is 4.79. The Morgan fingerprint density at radius 2 is 1.48 bits per heavy atom. The number of anilines is 1. The zero-order valence-electron chi connectivity index (χ0n) is 22.9. The lowest BCUT2D eigenvalue weighted by Crippen LogP contribution is -2.59. The number of nitrogens with one attached hydrogen (secondary N) is 1. The van der Waals surface area contributed by atoms with Gasteiger partial charge in [-0.05, 0) is 43.2 Å². The summed E-state index contributed by atoms with van der Waals surface area (Å²) in [6.07, 6.45) is 0. The van der Waals surface area contributed by atoms with E-state index in [2.05, 4.69) is 72.6 Å². The van der Waals surface area contributed by atoms with Crippen LogP contribution in [-0.4, -0.2) is 73.1 Å². The van der Waals surface area contributed by atoms with Crippen molar-refractivity contribution in [3.05, 3.63) is 101 Å². The van der Waals surface area contributed by atoms with Crippen molar-refractivity contribution < 1.29 is 23.9 Å². The Labute approximate surface area is 239 Å². The van der Waals surface area contributed by atoms with Crippen LogP contribution in [0, 0.1) is 0 Å². The average molecular weight is 564 g/mol. The van der Waals surface area contributed by atoms with Crippen LogP contribution in [0.3, 0.4) is 0 Å². The summed E-state index contributed by atoms with van der Waals surface area (Å²) < 4.78 is 10.2. The molecule has 4 rings (SSSR count). The number of hydrogen-bond acceptors (Lipinski definition) is 6.